The van der Waals surface area contributed by atoms with Gasteiger partial charge in [0.2, 0.25) is 11.8 Å². The molecule has 2 amide bonds. The Morgan fingerprint density at radius 3 is 2.28 bits per heavy atom. The number of nitrogens with zero attached hydrogens (tertiary/aromatic N) is 1. The fourth-order valence-corrected chi connectivity index (χ4v) is 6.07. The molecule has 0 saturated carbocycles. The Hall–Kier alpha value is -1.92. The number of hydrogen-bond donors (Lipinski definition) is 1. The van der Waals surface area contributed by atoms with Crippen LogP contribution in [-0.4, -0.2) is 61.8 Å². The van der Waals surface area contributed by atoms with Crippen molar-refractivity contribution in [1.29, 1.82) is 0 Å². The van der Waals surface area contributed by atoms with E-state index in [4.69, 9.17) is 9.47 Å². The second-order valence-corrected chi connectivity index (χ2v) is 11.1. The molecule has 2 rings (SSSR count). The first kappa shape index (κ1) is 30.3. The maximum atomic E-state index is 13.5. The third-order valence-corrected chi connectivity index (χ3v) is 8.13. The molecule has 1 fully saturated rings. The van der Waals surface area contributed by atoms with E-state index >= 15 is 0 Å². The van der Waals surface area contributed by atoms with Crippen molar-refractivity contribution in [2.24, 2.45) is 23.7 Å². The standard InChI is InChI=1S/C30H50N2O4/c1-9-21(4)28(20(2)3)26(35-7)19-27(33)32-17-13-16-25(32)29(36-8)23(6)30(34)31-22(5)18-24-14-11-10-12-15-24/h10-12,14-15,20-23,25-26,28-29H,9,13,16-19H2,1-8H3,(H,31,34). The van der Waals surface area contributed by atoms with Crippen LogP contribution in [0, 0.1) is 23.7 Å². The lowest BCUT2D eigenvalue weighted by molar-refractivity contribution is -0.143. The second kappa shape index (κ2) is 14.7. The van der Waals surface area contributed by atoms with E-state index in [1.807, 2.05) is 36.9 Å². The van der Waals surface area contributed by atoms with E-state index in [1.54, 1.807) is 14.2 Å². The summed E-state index contributed by atoms with van der Waals surface area (Å²) in [6.07, 6.45) is 3.50. The molecule has 6 nitrogen and oxygen atoms in total. The van der Waals surface area contributed by atoms with Crippen molar-refractivity contribution in [1.82, 2.24) is 10.2 Å². The first-order valence-electron chi connectivity index (χ1n) is 13.8. The van der Waals surface area contributed by atoms with Crippen molar-refractivity contribution in [3.05, 3.63) is 35.9 Å². The molecular weight excluding hydrogens is 452 g/mol. The van der Waals surface area contributed by atoms with Crippen LogP contribution < -0.4 is 5.32 Å². The molecule has 0 radical (unpaired) electrons. The zero-order valence-electron chi connectivity index (χ0n) is 23.8. The van der Waals surface area contributed by atoms with Crippen molar-refractivity contribution in [2.45, 2.75) is 97.9 Å². The van der Waals surface area contributed by atoms with Crippen molar-refractivity contribution < 1.29 is 19.1 Å². The van der Waals surface area contributed by atoms with Gasteiger partial charge in [-0.2, -0.15) is 0 Å². The average Bonchev–Trinajstić information content (AvgIpc) is 3.33. The van der Waals surface area contributed by atoms with Crippen LogP contribution in [0.4, 0.5) is 0 Å². The van der Waals surface area contributed by atoms with Gasteiger partial charge in [-0.05, 0) is 49.5 Å². The van der Waals surface area contributed by atoms with Crippen LogP contribution in [0.3, 0.4) is 0 Å². The zero-order valence-corrected chi connectivity index (χ0v) is 23.8. The molecule has 1 N–H and O–H groups in total. The summed E-state index contributed by atoms with van der Waals surface area (Å²) in [5.41, 5.74) is 1.19. The highest BCUT2D eigenvalue weighted by Crippen LogP contribution is 2.32. The van der Waals surface area contributed by atoms with Crippen LogP contribution in [0.2, 0.25) is 0 Å². The fourth-order valence-electron chi connectivity index (χ4n) is 6.07. The summed E-state index contributed by atoms with van der Waals surface area (Å²) in [6, 6.07) is 10.1. The van der Waals surface area contributed by atoms with Gasteiger partial charge in [0.05, 0.1) is 30.6 Å². The van der Waals surface area contributed by atoms with Crippen LogP contribution in [-0.2, 0) is 25.5 Å². The van der Waals surface area contributed by atoms with Gasteiger partial charge >= 0.3 is 0 Å². The molecule has 7 atom stereocenters. The topological polar surface area (TPSA) is 67.9 Å². The van der Waals surface area contributed by atoms with E-state index in [0.29, 0.717) is 30.7 Å². The molecule has 0 aromatic heterocycles. The number of hydrogen-bond acceptors (Lipinski definition) is 4. The molecule has 1 aromatic rings. The van der Waals surface area contributed by atoms with E-state index in [0.717, 1.165) is 25.7 Å². The van der Waals surface area contributed by atoms with Gasteiger partial charge in [-0.25, -0.2) is 0 Å². The van der Waals surface area contributed by atoms with Crippen molar-refractivity contribution >= 4 is 11.8 Å². The highest BCUT2D eigenvalue weighted by atomic mass is 16.5. The number of nitrogens with one attached hydrogen (secondary N) is 1. The summed E-state index contributed by atoms with van der Waals surface area (Å²) in [6.45, 7) is 13.5. The Morgan fingerprint density at radius 1 is 1.06 bits per heavy atom. The van der Waals surface area contributed by atoms with E-state index in [1.165, 1.54) is 5.56 Å². The SMILES string of the molecule is CCC(C)C(C(C)C)C(CC(=O)N1CCCC1C(OC)C(C)C(=O)NC(C)Cc1ccccc1)OC. The zero-order chi connectivity index (χ0) is 26.8. The molecule has 1 heterocycles. The quantitative estimate of drug-likeness (QED) is 0.384. The van der Waals surface area contributed by atoms with Crippen LogP contribution >= 0.6 is 0 Å². The number of benzene rings is 1. The van der Waals surface area contributed by atoms with Crippen LogP contribution in [0.1, 0.15) is 72.8 Å². The van der Waals surface area contributed by atoms with E-state index in [2.05, 4.69) is 45.1 Å². The number of rotatable bonds is 14. The molecule has 6 heteroatoms. The number of methoxy groups -OCH3 is 2. The van der Waals surface area contributed by atoms with Gasteiger partial charge in [-0.15, -0.1) is 0 Å². The largest absolute Gasteiger partial charge is 0.381 e. The number of amides is 2. The highest BCUT2D eigenvalue weighted by Gasteiger charge is 2.41. The summed E-state index contributed by atoms with van der Waals surface area (Å²) in [4.78, 5) is 28.7. The maximum Gasteiger partial charge on any atom is 0.225 e. The van der Waals surface area contributed by atoms with Gasteiger partial charge in [-0.1, -0.05) is 71.4 Å². The minimum atomic E-state index is -0.367. The van der Waals surface area contributed by atoms with Gasteiger partial charge in [-0.3, -0.25) is 9.59 Å². The number of likely N-dealkylation sites (tertiary alicyclic amines) is 1. The summed E-state index contributed by atoms with van der Waals surface area (Å²) in [5, 5.41) is 3.16. The van der Waals surface area contributed by atoms with Crippen molar-refractivity contribution in [3.63, 3.8) is 0 Å². The predicted octanol–water partition coefficient (Wildman–Crippen LogP) is 5.10. The molecule has 1 aliphatic rings. The molecule has 0 bridgehead atoms. The van der Waals surface area contributed by atoms with Gasteiger partial charge in [0.1, 0.15) is 0 Å². The second-order valence-electron chi connectivity index (χ2n) is 11.1. The van der Waals surface area contributed by atoms with Gasteiger partial charge in [0, 0.05) is 26.8 Å². The lowest BCUT2D eigenvalue weighted by Gasteiger charge is -2.37. The molecular formula is C30H50N2O4. The summed E-state index contributed by atoms with van der Waals surface area (Å²) in [5.74, 6) is 0.930. The summed E-state index contributed by atoms with van der Waals surface area (Å²) < 4.78 is 11.8. The average molecular weight is 503 g/mol. The van der Waals surface area contributed by atoms with Crippen molar-refractivity contribution in [3.8, 4) is 0 Å². The molecule has 36 heavy (non-hydrogen) atoms. The number of carbonyl (C=O) groups excluding carboxylic acids is 2. The molecule has 1 aliphatic heterocycles. The monoisotopic (exact) mass is 502 g/mol. The lowest BCUT2D eigenvalue weighted by Crippen LogP contribution is -2.51. The lowest BCUT2D eigenvalue weighted by atomic mass is 9.78. The Morgan fingerprint density at radius 2 is 1.72 bits per heavy atom. The molecule has 0 aliphatic carbocycles. The summed E-state index contributed by atoms with van der Waals surface area (Å²) in [7, 11) is 3.37. The Bertz CT molecular complexity index is 799. The van der Waals surface area contributed by atoms with E-state index in [-0.39, 0.29) is 42.0 Å². The van der Waals surface area contributed by atoms with Gasteiger partial charge < -0.3 is 19.7 Å². The normalized spacial score (nSPS) is 21.0. The van der Waals surface area contributed by atoms with Gasteiger partial charge in [0.15, 0.2) is 0 Å². The van der Waals surface area contributed by atoms with Crippen molar-refractivity contribution in [2.75, 3.05) is 20.8 Å². The molecule has 1 aromatic carbocycles. The molecule has 1 saturated heterocycles. The van der Waals surface area contributed by atoms with Crippen LogP contribution in [0.15, 0.2) is 30.3 Å². The fraction of sp³-hybridized carbons (Fsp3) is 0.733. The van der Waals surface area contributed by atoms with E-state index in [9.17, 15) is 9.59 Å². The number of ether oxygens (including phenoxy) is 2. The van der Waals surface area contributed by atoms with E-state index < -0.39 is 0 Å². The maximum absolute atomic E-state index is 13.5. The Labute approximate surface area is 219 Å². The first-order chi connectivity index (χ1) is 17.1. The molecule has 7 unspecified atom stereocenters. The van der Waals surface area contributed by atoms with Gasteiger partial charge in [0.25, 0.3) is 0 Å². The van der Waals surface area contributed by atoms with Crippen LogP contribution in [0.5, 0.6) is 0 Å². The highest BCUT2D eigenvalue weighted by molar-refractivity contribution is 5.80. The first-order valence-corrected chi connectivity index (χ1v) is 13.8. The minimum Gasteiger partial charge on any atom is -0.381 e. The molecule has 0 spiro atoms. The third kappa shape index (κ3) is 8.04. The summed E-state index contributed by atoms with van der Waals surface area (Å²) >= 11 is 0. The predicted molar refractivity (Wildman–Crippen MR) is 146 cm³/mol. The number of carbonyl (C=O) groups is 2. The minimum absolute atomic E-state index is 0.0113. The smallest absolute Gasteiger partial charge is 0.225 e. The Kier molecular flexibility index (Phi) is 12.4. The van der Waals surface area contributed by atoms with Crippen LogP contribution in [0.25, 0.3) is 0 Å². The third-order valence-electron chi connectivity index (χ3n) is 8.13. The molecule has 204 valence electrons. The Balaban J connectivity index is 2.06.